The second kappa shape index (κ2) is 5.64. The van der Waals surface area contributed by atoms with Crippen LogP contribution in [0.5, 0.6) is 0 Å². The van der Waals surface area contributed by atoms with E-state index in [9.17, 15) is 8.42 Å². The van der Waals surface area contributed by atoms with Crippen LogP contribution < -0.4 is 4.31 Å². The summed E-state index contributed by atoms with van der Waals surface area (Å²) in [6.07, 6.45) is 0. The van der Waals surface area contributed by atoms with Crippen molar-refractivity contribution in [3.05, 3.63) is 58.1 Å². The largest absolute Gasteiger partial charge is 0.269 e. The monoisotopic (exact) mass is 329 g/mol. The fourth-order valence-corrected chi connectivity index (χ4v) is 3.71. The molecular weight excluding hydrogens is 317 g/mol. The third kappa shape index (κ3) is 2.92. The number of aryl methyl sites for hydroxylation is 1. The van der Waals surface area contributed by atoms with Gasteiger partial charge in [-0.25, -0.2) is 8.42 Å². The van der Waals surface area contributed by atoms with Gasteiger partial charge in [-0.05, 0) is 42.8 Å². The number of benzene rings is 2. The molecule has 0 spiro atoms. The molecule has 106 valence electrons. The van der Waals surface area contributed by atoms with Gasteiger partial charge in [-0.3, -0.25) is 4.31 Å². The fraction of sp³-hybridized carbons (Fsp3) is 0.143. The van der Waals surface area contributed by atoms with Crippen LogP contribution in [0.1, 0.15) is 5.56 Å². The van der Waals surface area contributed by atoms with E-state index in [0.717, 1.165) is 5.56 Å². The van der Waals surface area contributed by atoms with Crippen LogP contribution in [-0.4, -0.2) is 15.5 Å². The van der Waals surface area contributed by atoms with Crippen molar-refractivity contribution in [1.82, 2.24) is 0 Å². The molecule has 0 N–H and O–H groups in total. The van der Waals surface area contributed by atoms with Crippen molar-refractivity contribution in [1.29, 1.82) is 0 Å². The molecule has 2 rings (SSSR count). The lowest BCUT2D eigenvalue weighted by molar-refractivity contribution is 0.594. The molecule has 0 heterocycles. The van der Waals surface area contributed by atoms with Gasteiger partial charge in [-0.2, -0.15) is 0 Å². The molecule has 0 amide bonds. The first-order valence-electron chi connectivity index (χ1n) is 5.83. The van der Waals surface area contributed by atoms with Crippen LogP contribution >= 0.6 is 23.2 Å². The van der Waals surface area contributed by atoms with E-state index in [0.29, 0.717) is 10.7 Å². The molecule has 0 radical (unpaired) electrons. The molecule has 20 heavy (non-hydrogen) atoms. The second-order valence-corrected chi connectivity index (χ2v) is 7.17. The standard InChI is InChI=1S/C14H13Cl2NO2S/c1-10-4-3-5-12(8-10)17(2)20(18,19)14-9-11(15)6-7-13(14)16/h3-9H,1-2H3. The highest BCUT2D eigenvalue weighted by atomic mass is 35.5. The molecule has 0 saturated carbocycles. The predicted octanol–water partition coefficient (Wildman–Crippen LogP) is 4.13. The Morgan fingerprint density at radius 3 is 2.40 bits per heavy atom. The van der Waals surface area contributed by atoms with Crippen LogP contribution in [0.15, 0.2) is 47.4 Å². The molecule has 6 heteroatoms. The lowest BCUT2D eigenvalue weighted by Crippen LogP contribution is -2.26. The van der Waals surface area contributed by atoms with Gasteiger partial charge in [0.25, 0.3) is 10.0 Å². The molecule has 0 saturated heterocycles. The molecule has 3 nitrogen and oxygen atoms in total. The maximum atomic E-state index is 12.6. The topological polar surface area (TPSA) is 37.4 Å². The zero-order valence-electron chi connectivity index (χ0n) is 11.0. The zero-order chi connectivity index (χ0) is 14.9. The van der Waals surface area contributed by atoms with Crippen LogP contribution in [0, 0.1) is 6.92 Å². The van der Waals surface area contributed by atoms with E-state index in [4.69, 9.17) is 23.2 Å². The molecule has 2 aromatic rings. The quantitative estimate of drug-likeness (QED) is 0.849. The first-order chi connectivity index (χ1) is 9.32. The average molecular weight is 330 g/mol. The zero-order valence-corrected chi connectivity index (χ0v) is 13.3. The Hall–Kier alpha value is -1.23. The van der Waals surface area contributed by atoms with Gasteiger partial charge in [0.1, 0.15) is 4.90 Å². The van der Waals surface area contributed by atoms with E-state index in [2.05, 4.69) is 0 Å². The fourth-order valence-electron chi connectivity index (χ4n) is 1.79. The van der Waals surface area contributed by atoms with Crippen molar-refractivity contribution < 1.29 is 8.42 Å². The summed E-state index contributed by atoms with van der Waals surface area (Å²) in [5.74, 6) is 0. The van der Waals surface area contributed by atoms with Crippen molar-refractivity contribution in [2.45, 2.75) is 11.8 Å². The van der Waals surface area contributed by atoms with Crippen LogP contribution in [0.2, 0.25) is 10.0 Å². The van der Waals surface area contributed by atoms with Gasteiger partial charge in [0, 0.05) is 12.1 Å². The summed E-state index contributed by atoms with van der Waals surface area (Å²) in [4.78, 5) is -0.00401. The normalized spacial score (nSPS) is 11.4. The van der Waals surface area contributed by atoms with Crippen molar-refractivity contribution in [2.24, 2.45) is 0 Å². The Labute approximate surface area is 128 Å². The van der Waals surface area contributed by atoms with Gasteiger partial charge >= 0.3 is 0 Å². The maximum Gasteiger partial charge on any atom is 0.265 e. The first kappa shape index (κ1) is 15.2. The summed E-state index contributed by atoms with van der Waals surface area (Å²) < 4.78 is 26.4. The SMILES string of the molecule is Cc1cccc(N(C)S(=O)(=O)c2cc(Cl)ccc2Cl)c1. The highest BCUT2D eigenvalue weighted by molar-refractivity contribution is 7.93. The smallest absolute Gasteiger partial charge is 0.265 e. The molecule has 0 aliphatic rings. The highest BCUT2D eigenvalue weighted by Crippen LogP contribution is 2.29. The Balaban J connectivity index is 2.52. The van der Waals surface area contributed by atoms with E-state index in [1.807, 2.05) is 13.0 Å². The van der Waals surface area contributed by atoms with Gasteiger partial charge < -0.3 is 0 Å². The third-order valence-corrected chi connectivity index (χ3v) is 5.40. The highest BCUT2D eigenvalue weighted by Gasteiger charge is 2.24. The Bertz CT molecular complexity index is 745. The molecule has 0 atom stereocenters. The predicted molar refractivity (Wildman–Crippen MR) is 83.2 cm³/mol. The molecule has 2 aromatic carbocycles. The van der Waals surface area contributed by atoms with E-state index in [1.54, 1.807) is 24.3 Å². The van der Waals surface area contributed by atoms with Crippen LogP contribution in [0.3, 0.4) is 0 Å². The van der Waals surface area contributed by atoms with Crippen molar-refractivity contribution >= 4 is 38.9 Å². The average Bonchev–Trinajstić information content (AvgIpc) is 2.40. The lowest BCUT2D eigenvalue weighted by atomic mass is 10.2. The van der Waals surface area contributed by atoms with Crippen LogP contribution in [0.25, 0.3) is 0 Å². The van der Waals surface area contributed by atoms with Crippen molar-refractivity contribution in [3.8, 4) is 0 Å². The van der Waals surface area contributed by atoms with Gasteiger partial charge in [-0.1, -0.05) is 35.3 Å². The Kier molecular flexibility index (Phi) is 4.28. The summed E-state index contributed by atoms with van der Waals surface area (Å²) in [6.45, 7) is 1.90. The molecule has 0 aromatic heterocycles. The summed E-state index contributed by atoms with van der Waals surface area (Å²) >= 11 is 11.8. The van der Waals surface area contributed by atoms with Gasteiger partial charge in [0.15, 0.2) is 0 Å². The molecule has 0 bridgehead atoms. The summed E-state index contributed by atoms with van der Waals surface area (Å²) in [7, 11) is -2.26. The first-order valence-corrected chi connectivity index (χ1v) is 8.02. The van der Waals surface area contributed by atoms with Crippen molar-refractivity contribution in [3.63, 3.8) is 0 Å². The number of nitrogens with zero attached hydrogens (tertiary/aromatic N) is 1. The number of hydrogen-bond acceptors (Lipinski definition) is 2. The summed E-state index contributed by atoms with van der Waals surface area (Å²) in [6, 6.07) is 11.6. The van der Waals surface area contributed by atoms with Gasteiger partial charge in [0.2, 0.25) is 0 Å². The molecule has 0 aliphatic heterocycles. The van der Waals surface area contributed by atoms with Gasteiger partial charge in [-0.15, -0.1) is 0 Å². The molecule has 0 aliphatic carbocycles. The second-order valence-electron chi connectivity index (χ2n) is 4.39. The molecular formula is C14H13Cl2NO2S. The van der Waals surface area contributed by atoms with E-state index in [-0.39, 0.29) is 9.92 Å². The number of hydrogen-bond donors (Lipinski definition) is 0. The number of sulfonamides is 1. The number of anilines is 1. The van der Waals surface area contributed by atoms with Crippen LogP contribution in [-0.2, 0) is 10.0 Å². The minimum atomic E-state index is -3.75. The Morgan fingerprint density at radius 2 is 1.75 bits per heavy atom. The summed E-state index contributed by atoms with van der Waals surface area (Å²) in [5, 5.41) is 0.472. The Morgan fingerprint density at radius 1 is 1.05 bits per heavy atom. The molecule has 0 unspecified atom stereocenters. The van der Waals surface area contributed by atoms with E-state index < -0.39 is 10.0 Å². The lowest BCUT2D eigenvalue weighted by Gasteiger charge is -2.20. The minimum absolute atomic E-state index is 0.00401. The van der Waals surface area contributed by atoms with Gasteiger partial charge in [0.05, 0.1) is 10.7 Å². The summed E-state index contributed by atoms with van der Waals surface area (Å²) in [5.41, 5.74) is 1.54. The number of halogens is 2. The van der Waals surface area contributed by atoms with Crippen molar-refractivity contribution in [2.75, 3.05) is 11.4 Å². The third-order valence-electron chi connectivity index (χ3n) is 2.90. The van der Waals surface area contributed by atoms with E-state index >= 15 is 0 Å². The van der Waals surface area contributed by atoms with Crippen LogP contribution in [0.4, 0.5) is 5.69 Å². The minimum Gasteiger partial charge on any atom is -0.269 e. The van der Waals surface area contributed by atoms with E-state index in [1.165, 1.54) is 23.5 Å². The number of rotatable bonds is 3. The molecule has 0 fully saturated rings. The maximum absolute atomic E-state index is 12.6.